The number of aryl methyl sites for hydroxylation is 1. The van der Waals surface area contributed by atoms with Crippen LogP contribution in [0.5, 0.6) is 0 Å². The normalized spacial score (nSPS) is 16.6. The quantitative estimate of drug-likeness (QED) is 0.722. The molecule has 1 amide bonds. The summed E-state index contributed by atoms with van der Waals surface area (Å²) in [7, 11) is -4.08. The van der Waals surface area contributed by atoms with Crippen molar-refractivity contribution in [1.29, 1.82) is 0 Å². The molecule has 10 heteroatoms. The number of halogens is 4. The molecule has 0 aliphatic heterocycles. The van der Waals surface area contributed by atoms with Gasteiger partial charge in [-0.25, -0.2) is 8.42 Å². The van der Waals surface area contributed by atoms with E-state index >= 15 is 0 Å². The van der Waals surface area contributed by atoms with Crippen LogP contribution in [-0.2, 0) is 27.4 Å². The lowest BCUT2D eigenvalue weighted by molar-refractivity contribution is -0.137. The van der Waals surface area contributed by atoms with E-state index < -0.39 is 39.9 Å². The van der Waals surface area contributed by atoms with Crippen LogP contribution in [0.3, 0.4) is 0 Å². The van der Waals surface area contributed by atoms with E-state index in [0.29, 0.717) is 16.8 Å². The molecule has 1 atom stereocenters. The van der Waals surface area contributed by atoms with Crippen molar-refractivity contribution in [3.63, 3.8) is 0 Å². The molecular formula is C20H20ClF3N2O3S. The average Bonchev–Trinajstić information content (AvgIpc) is 2.65. The predicted octanol–water partition coefficient (Wildman–Crippen LogP) is 4.32. The van der Waals surface area contributed by atoms with Crippen LogP contribution in [0.4, 0.5) is 18.9 Å². The number of hydrogen-bond acceptors (Lipinski definition) is 3. The number of anilines is 1. The highest BCUT2D eigenvalue weighted by molar-refractivity contribution is 7.92. The van der Waals surface area contributed by atoms with Crippen LogP contribution in [0, 0.1) is 0 Å². The minimum Gasteiger partial charge on any atom is -0.348 e. The number of carbonyl (C=O) groups is 1. The molecule has 0 unspecified atom stereocenters. The third-order valence-corrected chi connectivity index (χ3v) is 6.38. The van der Waals surface area contributed by atoms with Crippen LogP contribution >= 0.6 is 11.6 Å². The maximum atomic E-state index is 13.1. The smallest absolute Gasteiger partial charge is 0.348 e. The van der Waals surface area contributed by atoms with Gasteiger partial charge in [0.05, 0.1) is 28.6 Å². The summed E-state index contributed by atoms with van der Waals surface area (Å²) in [5.41, 5.74) is 0.611. The molecule has 2 aromatic rings. The molecule has 1 aliphatic carbocycles. The summed E-state index contributed by atoms with van der Waals surface area (Å²) in [5, 5.41) is 2.60. The van der Waals surface area contributed by atoms with Gasteiger partial charge in [0.15, 0.2) is 0 Å². The fourth-order valence-corrected chi connectivity index (χ4v) is 4.67. The molecular weight excluding hydrogens is 441 g/mol. The van der Waals surface area contributed by atoms with Crippen molar-refractivity contribution in [3.05, 3.63) is 64.2 Å². The second-order valence-electron chi connectivity index (χ2n) is 7.14. The second-order valence-corrected chi connectivity index (χ2v) is 9.46. The fraction of sp³-hybridized carbons (Fsp3) is 0.350. The Morgan fingerprint density at radius 2 is 1.93 bits per heavy atom. The Morgan fingerprint density at radius 1 is 1.23 bits per heavy atom. The average molecular weight is 461 g/mol. The number of carbonyl (C=O) groups excluding carboxylic acids is 1. The molecule has 1 N–H and O–H groups in total. The van der Waals surface area contributed by atoms with E-state index in [1.54, 1.807) is 0 Å². The van der Waals surface area contributed by atoms with Crippen LogP contribution < -0.4 is 9.62 Å². The van der Waals surface area contributed by atoms with Crippen LogP contribution in [0.15, 0.2) is 42.5 Å². The first-order chi connectivity index (χ1) is 14.0. The Balaban J connectivity index is 1.86. The lowest BCUT2D eigenvalue weighted by Gasteiger charge is -2.28. The van der Waals surface area contributed by atoms with Crippen LogP contribution in [0.1, 0.15) is 35.6 Å². The molecule has 0 aromatic heterocycles. The van der Waals surface area contributed by atoms with Crippen molar-refractivity contribution < 1.29 is 26.4 Å². The van der Waals surface area contributed by atoms with E-state index in [1.165, 1.54) is 0 Å². The predicted molar refractivity (Wildman–Crippen MR) is 109 cm³/mol. The summed E-state index contributed by atoms with van der Waals surface area (Å²) in [6, 6.07) is 9.70. The van der Waals surface area contributed by atoms with Gasteiger partial charge in [0, 0.05) is 0 Å². The zero-order valence-electron chi connectivity index (χ0n) is 16.0. The molecule has 162 valence electrons. The Kier molecular flexibility index (Phi) is 6.33. The van der Waals surface area contributed by atoms with Crippen molar-refractivity contribution >= 4 is 33.2 Å². The molecule has 0 bridgehead atoms. The highest BCUT2D eigenvalue weighted by Crippen LogP contribution is 2.36. The Bertz CT molecular complexity index is 1060. The minimum atomic E-state index is -4.68. The third-order valence-electron chi connectivity index (χ3n) is 4.93. The summed E-state index contributed by atoms with van der Waals surface area (Å²) in [6.45, 7) is -0.682. The zero-order valence-corrected chi connectivity index (χ0v) is 17.6. The maximum absolute atomic E-state index is 13.1. The van der Waals surface area contributed by atoms with Crippen molar-refractivity contribution in [1.82, 2.24) is 5.32 Å². The molecule has 1 aliphatic rings. The van der Waals surface area contributed by atoms with Gasteiger partial charge in [-0.3, -0.25) is 9.10 Å². The highest BCUT2D eigenvalue weighted by Gasteiger charge is 2.33. The summed E-state index contributed by atoms with van der Waals surface area (Å²) in [6.07, 6.45) is -1.44. The maximum Gasteiger partial charge on any atom is 0.416 e. The zero-order chi connectivity index (χ0) is 22.1. The number of amides is 1. The molecule has 0 heterocycles. The summed E-state index contributed by atoms with van der Waals surface area (Å²) < 4.78 is 64.4. The van der Waals surface area contributed by atoms with E-state index in [-0.39, 0.29) is 11.1 Å². The van der Waals surface area contributed by atoms with Crippen LogP contribution in [0.2, 0.25) is 5.02 Å². The molecule has 2 aromatic carbocycles. The monoisotopic (exact) mass is 460 g/mol. The van der Waals surface area contributed by atoms with Gasteiger partial charge >= 0.3 is 6.18 Å². The molecule has 30 heavy (non-hydrogen) atoms. The molecule has 0 spiro atoms. The molecule has 0 radical (unpaired) electrons. The molecule has 5 nitrogen and oxygen atoms in total. The van der Waals surface area contributed by atoms with Crippen LogP contribution in [-0.4, -0.2) is 27.1 Å². The summed E-state index contributed by atoms with van der Waals surface area (Å²) >= 11 is 5.98. The first kappa shape index (κ1) is 22.4. The molecule has 0 fully saturated rings. The van der Waals surface area contributed by atoms with Gasteiger partial charge in [0.25, 0.3) is 0 Å². The van der Waals surface area contributed by atoms with Crippen molar-refractivity contribution in [3.8, 4) is 0 Å². The Hall–Kier alpha value is -2.26. The van der Waals surface area contributed by atoms with E-state index in [9.17, 15) is 26.4 Å². The summed E-state index contributed by atoms with van der Waals surface area (Å²) in [4.78, 5) is 12.7. The van der Waals surface area contributed by atoms with Crippen molar-refractivity contribution in [2.24, 2.45) is 0 Å². The summed E-state index contributed by atoms with van der Waals surface area (Å²) in [5.74, 6) is -0.629. The van der Waals surface area contributed by atoms with Crippen molar-refractivity contribution in [2.75, 3.05) is 17.1 Å². The van der Waals surface area contributed by atoms with E-state index in [4.69, 9.17) is 11.6 Å². The fourth-order valence-electron chi connectivity index (χ4n) is 3.54. The SMILES string of the molecule is CS(=O)(=O)N(CC(=O)N[C@H]1CCCc2ccccc21)c1cc(C(F)(F)F)ccc1Cl. The first-order valence-corrected chi connectivity index (χ1v) is 11.4. The number of nitrogens with one attached hydrogen (secondary N) is 1. The minimum absolute atomic E-state index is 0.204. The topological polar surface area (TPSA) is 66.5 Å². The van der Waals surface area contributed by atoms with Gasteiger partial charge < -0.3 is 5.32 Å². The lowest BCUT2D eigenvalue weighted by Crippen LogP contribution is -2.42. The Morgan fingerprint density at radius 3 is 2.60 bits per heavy atom. The van der Waals surface area contributed by atoms with Gasteiger partial charge in [-0.1, -0.05) is 35.9 Å². The lowest BCUT2D eigenvalue weighted by atomic mass is 9.88. The van der Waals surface area contributed by atoms with Crippen molar-refractivity contribution in [2.45, 2.75) is 31.5 Å². The number of hydrogen-bond donors (Lipinski definition) is 1. The highest BCUT2D eigenvalue weighted by atomic mass is 35.5. The van der Waals surface area contributed by atoms with Crippen LogP contribution in [0.25, 0.3) is 0 Å². The van der Waals surface area contributed by atoms with Gasteiger partial charge in [-0.15, -0.1) is 0 Å². The Labute approximate surface area is 177 Å². The van der Waals surface area contributed by atoms with Gasteiger partial charge in [-0.05, 0) is 48.6 Å². The number of sulfonamides is 1. The van der Waals surface area contributed by atoms with Gasteiger partial charge in [0.2, 0.25) is 15.9 Å². The molecule has 0 saturated heterocycles. The third kappa shape index (κ3) is 5.07. The number of rotatable bonds is 5. The number of nitrogens with zero attached hydrogens (tertiary/aromatic N) is 1. The van der Waals surface area contributed by atoms with E-state index in [0.717, 1.165) is 42.4 Å². The van der Waals surface area contributed by atoms with E-state index in [1.807, 2.05) is 24.3 Å². The first-order valence-electron chi connectivity index (χ1n) is 9.18. The van der Waals surface area contributed by atoms with Gasteiger partial charge in [-0.2, -0.15) is 13.2 Å². The number of benzene rings is 2. The van der Waals surface area contributed by atoms with E-state index in [2.05, 4.69) is 5.32 Å². The standard InChI is InChI=1S/C20H20ClF3N2O3S/c1-30(28,29)26(18-11-14(20(22,23)24)9-10-16(18)21)12-19(27)25-17-8-4-6-13-5-2-3-7-15(13)17/h2-3,5,7,9-11,17H,4,6,8,12H2,1H3,(H,25,27)/t17-/m0/s1. The van der Waals surface area contributed by atoms with Gasteiger partial charge in [0.1, 0.15) is 6.54 Å². The second kappa shape index (κ2) is 8.47. The molecule has 3 rings (SSSR count). The largest absolute Gasteiger partial charge is 0.416 e. The number of alkyl halides is 3. The molecule has 0 saturated carbocycles. The number of fused-ring (bicyclic) bond motifs is 1.